The predicted octanol–water partition coefficient (Wildman–Crippen LogP) is -0.648. The molecule has 0 aromatic heterocycles. The van der Waals surface area contributed by atoms with Gasteiger partial charge in [-0.2, -0.15) is 0 Å². The number of hydrogen-bond acceptors (Lipinski definition) is 5. The Balaban J connectivity index is 2.14. The molecule has 106 valence electrons. The Labute approximate surface area is 114 Å². The summed E-state index contributed by atoms with van der Waals surface area (Å²) in [5.74, 6) is -1.66. The van der Waals surface area contributed by atoms with Crippen molar-refractivity contribution in [1.82, 2.24) is 5.32 Å². The van der Waals surface area contributed by atoms with Crippen molar-refractivity contribution in [2.45, 2.75) is 19.1 Å². The quantitative estimate of drug-likeness (QED) is 0.546. The molecule has 20 heavy (non-hydrogen) atoms. The van der Waals surface area contributed by atoms with Gasteiger partial charge in [0.2, 0.25) is 5.91 Å². The van der Waals surface area contributed by atoms with Crippen molar-refractivity contribution >= 4 is 23.3 Å². The van der Waals surface area contributed by atoms with Crippen LogP contribution in [0.25, 0.3) is 0 Å². The molecule has 1 aliphatic heterocycles. The van der Waals surface area contributed by atoms with Crippen LogP contribution in [0.5, 0.6) is 0 Å². The number of fused-ring (bicyclic) bond motifs is 1. The van der Waals surface area contributed by atoms with Crippen LogP contribution in [0, 0.1) is 0 Å². The van der Waals surface area contributed by atoms with Crippen LogP contribution in [0.15, 0.2) is 18.2 Å². The lowest BCUT2D eigenvalue weighted by atomic mass is 10.0. The molecule has 1 aromatic rings. The fraction of sp³-hybridized carbons (Fsp3) is 0.308. The van der Waals surface area contributed by atoms with E-state index < -0.39 is 23.9 Å². The van der Waals surface area contributed by atoms with Crippen LogP contribution in [0.1, 0.15) is 28.9 Å². The van der Waals surface area contributed by atoms with Gasteiger partial charge in [0.15, 0.2) is 0 Å². The maximum atomic E-state index is 11.4. The summed E-state index contributed by atoms with van der Waals surface area (Å²) in [7, 11) is 0. The number of carbonyl (C=O) groups is 3. The Bertz CT molecular complexity index is 584. The Morgan fingerprint density at radius 1 is 1.35 bits per heavy atom. The third-order valence-electron chi connectivity index (χ3n) is 3.01. The lowest BCUT2D eigenvalue weighted by Gasteiger charge is -2.18. The molecule has 4 N–H and O–H groups in total. The lowest BCUT2D eigenvalue weighted by Crippen LogP contribution is -2.34. The minimum Gasteiger partial charge on any atom is -0.388 e. The number of hydrogen-bond donors (Lipinski definition) is 4. The number of nitrogens with one attached hydrogen (secondary N) is 2. The van der Waals surface area contributed by atoms with E-state index >= 15 is 0 Å². The first-order valence-corrected chi connectivity index (χ1v) is 6.00. The third kappa shape index (κ3) is 2.68. The summed E-state index contributed by atoms with van der Waals surface area (Å²) in [5.41, 5.74) is 0.891. The molecule has 1 aliphatic rings. The minimum absolute atomic E-state index is 0.0983. The first-order chi connectivity index (χ1) is 9.40. The van der Waals surface area contributed by atoms with Gasteiger partial charge >= 0.3 is 0 Å². The summed E-state index contributed by atoms with van der Waals surface area (Å²) in [6.07, 6.45) is -2.43. The van der Waals surface area contributed by atoms with E-state index in [1.165, 1.54) is 25.1 Å². The van der Waals surface area contributed by atoms with Crippen LogP contribution < -0.4 is 10.6 Å². The second-order valence-corrected chi connectivity index (χ2v) is 4.54. The van der Waals surface area contributed by atoms with Gasteiger partial charge in [0, 0.05) is 13.5 Å². The Morgan fingerprint density at radius 3 is 2.70 bits per heavy atom. The third-order valence-corrected chi connectivity index (χ3v) is 3.01. The number of aliphatic hydroxyl groups is 2. The molecule has 0 radical (unpaired) electrons. The van der Waals surface area contributed by atoms with Gasteiger partial charge in [-0.3, -0.25) is 14.4 Å². The highest BCUT2D eigenvalue weighted by Crippen LogP contribution is 2.27. The molecule has 0 spiro atoms. The van der Waals surface area contributed by atoms with E-state index in [0.717, 1.165) is 0 Å². The molecule has 2 rings (SSSR count). The van der Waals surface area contributed by atoms with E-state index in [1.807, 2.05) is 0 Å². The second kappa shape index (κ2) is 5.40. The molecular formula is C13H14N2O5. The van der Waals surface area contributed by atoms with E-state index in [2.05, 4.69) is 10.6 Å². The van der Waals surface area contributed by atoms with E-state index in [1.54, 1.807) is 0 Å². The summed E-state index contributed by atoms with van der Waals surface area (Å²) in [4.78, 5) is 33.4. The summed E-state index contributed by atoms with van der Waals surface area (Å²) in [6, 6.07) is 4.30. The molecule has 0 saturated carbocycles. The van der Waals surface area contributed by atoms with Gasteiger partial charge in [0.1, 0.15) is 12.2 Å². The average molecular weight is 278 g/mol. The molecule has 1 heterocycles. The van der Waals surface area contributed by atoms with Crippen molar-refractivity contribution in [2.24, 2.45) is 0 Å². The molecular weight excluding hydrogens is 264 g/mol. The fourth-order valence-corrected chi connectivity index (χ4v) is 1.93. The first-order valence-electron chi connectivity index (χ1n) is 6.00. The molecule has 2 amide bonds. The molecule has 0 fully saturated rings. The topological polar surface area (TPSA) is 116 Å². The SMILES string of the molecule is CC(=O)NCC(O)C(O)c1ccc2c(c1)NC(=O)C2=O. The van der Waals surface area contributed by atoms with Crippen LogP contribution in [0.4, 0.5) is 5.69 Å². The predicted molar refractivity (Wildman–Crippen MR) is 69.1 cm³/mol. The van der Waals surface area contributed by atoms with E-state index in [9.17, 15) is 24.6 Å². The lowest BCUT2D eigenvalue weighted by molar-refractivity contribution is -0.119. The standard InChI is InChI=1S/C13H14N2O5/c1-6(16)14-5-10(17)11(18)7-2-3-8-9(4-7)15-13(20)12(8)19/h2-4,10-11,17-18H,5H2,1H3,(H,14,16)(H,15,19,20). The number of aliphatic hydroxyl groups excluding tert-OH is 2. The Morgan fingerprint density at radius 2 is 2.05 bits per heavy atom. The molecule has 7 heteroatoms. The highest BCUT2D eigenvalue weighted by molar-refractivity contribution is 6.51. The van der Waals surface area contributed by atoms with Crippen molar-refractivity contribution in [2.75, 3.05) is 11.9 Å². The van der Waals surface area contributed by atoms with Gasteiger partial charge < -0.3 is 20.8 Å². The number of anilines is 1. The molecule has 7 nitrogen and oxygen atoms in total. The van der Waals surface area contributed by atoms with Crippen LogP contribution in [-0.2, 0) is 9.59 Å². The van der Waals surface area contributed by atoms with Gasteiger partial charge in [-0.15, -0.1) is 0 Å². The van der Waals surface area contributed by atoms with E-state index in [-0.39, 0.29) is 18.0 Å². The Kier molecular flexibility index (Phi) is 3.82. The molecule has 1 aromatic carbocycles. The maximum Gasteiger partial charge on any atom is 0.296 e. The minimum atomic E-state index is -1.24. The number of rotatable bonds is 4. The average Bonchev–Trinajstić information content (AvgIpc) is 2.70. The Hall–Kier alpha value is -2.25. The van der Waals surface area contributed by atoms with Crippen molar-refractivity contribution in [3.63, 3.8) is 0 Å². The normalized spacial score (nSPS) is 16.4. The zero-order valence-electron chi connectivity index (χ0n) is 10.7. The molecule has 2 unspecified atom stereocenters. The zero-order valence-corrected chi connectivity index (χ0v) is 10.7. The molecule has 0 saturated heterocycles. The summed E-state index contributed by atoms with van der Waals surface area (Å²) in [5, 5.41) is 24.5. The largest absolute Gasteiger partial charge is 0.388 e. The monoisotopic (exact) mass is 278 g/mol. The molecule has 2 atom stereocenters. The van der Waals surface area contributed by atoms with Crippen LogP contribution >= 0.6 is 0 Å². The van der Waals surface area contributed by atoms with E-state index in [0.29, 0.717) is 11.3 Å². The molecule has 0 aliphatic carbocycles. The highest BCUT2D eigenvalue weighted by atomic mass is 16.3. The van der Waals surface area contributed by atoms with Crippen LogP contribution in [-0.4, -0.2) is 40.5 Å². The first kappa shape index (κ1) is 14.2. The van der Waals surface area contributed by atoms with Crippen molar-refractivity contribution < 1.29 is 24.6 Å². The number of ketones is 1. The van der Waals surface area contributed by atoms with Crippen molar-refractivity contribution in [3.05, 3.63) is 29.3 Å². The van der Waals surface area contributed by atoms with Gasteiger partial charge in [-0.1, -0.05) is 6.07 Å². The smallest absolute Gasteiger partial charge is 0.296 e. The maximum absolute atomic E-state index is 11.4. The summed E-state index contributed by atoms with van der Waals surface area (Å²) in [6.45, 7) is 1.20. The van der Waals surface area contributed by atoms with Gasteiger partial charge in [-0.25, -0.2) is 0 Å². The number of benzene rings is 1. The van der Waals surface area contributed by atoms with Gasteiger partial charge in [-0.05, 0) is 17.7 Å². The highest BCUT2D eigenvalue weighted by Gasteiger charge is 2.29. The van der Waals surface area contributed by atoms with Gasteiger partial charge in [0.05, 0.1) is 11.3 Å². The fourth-order valence-electron chi connectivity index (χ4n) is 1.93. The zero-order chi connectivity index (χ0) is 14.9. The number of Topliss-reactive ketones (excluding diaryl/α,β-unsaturated/α-hetero) is 1. The summed E-state index contributed by atoms with van der Waals surface area (Å²) < 4.78 is 0. The van der Waals surface area contributed by atoms with Crippen molar-refractivity contribution in [3.8, 4) is 0 Å². The van der Waals surface area contributed by atoms with Crippen LogP contribution in [0.3, 0.4) is 0 Å². The summed E-state index contributed by atoms with van der Waals surface area (Å²) >= 11 is 0. The molecule has 0 bridgehead atoms. The number of amides is 2. The number of carbonyl (C=O) groups excluding carboxylic acids is 3. The van der Waals surface area contributed by atoms with Gasteiger partial charge in [0.25, 0.3) is 11.7 Å². The van der Waals surface area contributed by atoms with Crippen molar-refractivity contribution in [1.29, 1.82) is 0 Å². The van der Waals surface area contributed by atoms with Crippen LogP contribution in [0.2, 0.25) is 0 Å². The second-order valence-electron chi connectivity index (χ2n) is 4.54. The van der Waals surface area contributed by atoms with E-state index in [4.69, 9.17) is 0 Å².